The SMILES string of the molecule is CCCC(O)c1cc2cc(Cc3ccccc3)ccc2o1. The number of hydrogen-bond donors (Lipinski definition) is 1. The van der Waals surface area contributed by atoms with Gasteiger partial charge in [-0.25, -0.2) is 0 Å². The molecule has 0 aliphatic carbocycles. The van der Waals surface area contributed by atoms with Gasteiger partial charge in [0, 0.05) is 5.39 Å². The molecule has 3 aromatic rings. The van der Waals surface area contributed by atoms with Crippen molar-refractivity contribution in [2.45, 2.75) is 32.3 Å². The molecule has 0 saturated heterocycles. The Labute approximate surface area is 125 Å². The Morgan fingerprint density at radius 1 is 1.00 bits per heavy atom. The third-order valence-electron chi connectivity index (χ3n) is 3.74. The van der Waals surface area contributed by atoms with Crippen molar-refractivity contribution in [1.29, 1.82) is 0 Å². The maximum absolute atomic E-state index is 10.0. The molecular weight excluding hydrogens is 260 g/mol. The topological polar surface area (TPSA) is 33.4 Å². The summed E-state index contributed by atoms with van der Waals surface area (Å²) in [5, 5.41) is 11.1. The highest BCUT2D eigenvalue weighted by Gasteiger charge is 2.12. The minimum Gasteiger partial charge on any atom is -0.458 e. The summed E-state index contributed by atoms with van der Waals surface area (Å²) in [7, 11) is 0. The summed E-state index contributed by atoms with van der Waals surface area (Å²) < 4.78 is 5.74. The molecule has 2 nitrogen and oxygen atoms in total. The molecule has 0 amide bonds. The predicted octanol–water partition coefficient (Wildman–Crippen LogP) is 4.86. The lowest BCUT2D eigenvalue weighted by Crippen LogP contribution is -1.93. The van der Waals surface area contributed by atoms with Crippen LogP contribution in [0.5, 0.6) is 0 Å². The van der Waals surface area contributed by atoms with Gasteiger partial charge in [0.2, 0.25) is 0 Å². The smallest absolute Gasteiger partial charge is 0.134 e. The molecule has 0 spiro atoms. The van der Waals surface area contributed by atoms with E-state index in [1.165, 1.54) is 11.1 Å². The standard InChI is InChI=1S/C19H20O2/c1-2-6-17(20)19-13-16-12-15(9-10-18(16)21-19)11-14-7-4-3-5-8-14/h3-5,7-10,12-13,17,20H,2,6,11H2,1H3. The maximum Gasteiger partial charge on any atom is 0.134 e. The molecule has 0 aliphatic heterocycles. The molecule has 21 heavy (non-hydrogen) atoms. The van der Waals surface area contributed by atoms with E-state index < -0.39 is 6.10 Å². The lowest BCUT2D eigenvalue weighted by atomic mass is 10.0. The van der Waals surface area contributed by atoms with Gasteiger partial charge in [-0.15, -0.1) is 0 Å². The Hall–Kier alpha value is -2.06. The van der Waals surface area contributed by atoms with E-state index in [0.717, 1.165) is 30.2 Å². The van der Waals surface area contributed by atoms with E-state index >= 15 is 0 Å². The molecule has 1 atom stereocenters. The second kappa shape index (κ2) is 6.15. The molecule has 0 radical (unpaired) electrons. The Balaban J connectivity index is 1.86. The molecule has 2 aromatic carbocycles. The quantitative estimate of drug-likeness (QED) is 0.724. The highest BCUT2D eigenvalue weighted by molar-refractivity contribution is 5.79. The van der Waals surface area contributed by atoms with Crippen LogP contribution in [0.25, 0.3) is 11.0 Å². The van der Waals surface area contributed by atoms with Crippen LogP contribution in [-0.4, -0.2) is 5.11 Å². The van der Waals surface area contributed by atoms with E-state index in [2.05, 4.69) is 43.3 Å². The van der Waals surface area contributed by atoms with Crippen molar-refractivity contribution in [2.75, 3.05) is 0 Å². The second-order valence-corrected chi connectivity index (χ2v) is 5.49. The summed E-state index contributed by atoms with van der Waals surface area (Å²) in [4.78, 5) is 0. The van der Waals surface area contributed by atoms with Crippen LogP contribution in [0.15, 0.2) is 59.0 Å². The van der Waals surface area contributed by atoms with E-state index in [-0.39, 0.29) is 0 Å². The third kappa shape index (κ3) is 3.17. The molecule has 1 unspecified atom stereocenters. The minimum atomic E-state index is -0.500. The minimum absolute atomic E-state index is 0.500. The van der Waals surface area contributed by atoms with Crippen molar-refractivity contribution in [3.05, 3.63) is 71.5 Å². The predicted molar refractivity (Wildman–Crippen MR) is 85.3 cm³/mol. The summed E-state index contributed by atoms with van der Waals surface area (Å²) >= 11 is 0. The average Bonchev–Trinajstić information content (AvgIpc) is 2.92. The average molecular weight is 280 g/mol. The fraction of sp³-hybridized carbons (Fsp3) is 0.263. The number of aliphatic hydroxyl groups excluding tert-OH is 1. The maximum atomic E-state index is 10.0. The molecule has 108 valence electrons. The van der Waals surface area contributed by atoms with Crippen LogP contribution in [0.2, 0.25) is 0 Å². The van der Waals surface area contributed by atoms with Crippen molar-refractivity contribution in [3.63, 3.8) is 0 Å². The van der Waals surface area contributed by atoms with Crippen molar-refractivity contribution in [2.24, 2.45) is 0 Å². The third-order valence-corrected chi connectivity index (χ3v) is 3.74. The highest BCUT2D eigenvalue weighted by atomic mass is 16.4. The summed E-state index contributed by atoms with van der Waals surface area (Å²) in [5.41, 5.74) is 3.40. The normalized spacial score (nSPS) is 12.7. The van der Waals surface area contributed by atoms with Crippen LogP contribution >= 0.6 is 0 Å². The van der Waals surface area contributed by atoms with E-state index in [1.54, 1.807) is 0 Å². The van der Waals surface area contributed by atoms with Crippen LogP contribution in [0.3, 0.4) is 0 Å². The number of benzene rings is 2. The molecule has 0 aliphatic rings. The zero-order valence-corrected chi connectivity index (χ0v) is 12.3. The lowest BCUT2D eigenvalue weighted by Gasteiger charge is -2.03. The van der Waals surface area contributed by atoms with Crippen LogP contribution < -0.4 is 0 Å². The van der Waals surface area contributed by atoms with Gasteiger partial charge in [0.1, 0.15) is 17.4 Å². The number of furan rings is 1. The monoisotopic (exact) mass is 280 g/mol. The zero-order valence-electron chi connectivity index (χ0n) is 12.3. The molecule has 1 aromatic heterocycles. The first-order chi connectivity index (χ1) is 10.3. The van der Waals surface area contributed by atoms with Crippen molar-refractivity contribution in [3.8, 4) is 0 Å². The molecule has 0 saturated carbocycles. The first-order valence-corrected chi connectivity index (χ1v) is 7.50. The summed E-state index contributed by atoms with van der Waals surface area (Å²) in [6.45, 7) is 2.06. The van der Waals surface area contributed by atoms with E-state index in [0.29, 0.717) is 5.76 Å². The fourth-order valence-electron chi connectivity index (χ4n) is 2.63. The summed E-state index contributed by atoms with van der Waals surface area (Å²) in [5.74, 6) is 0.670. The van der Waals surface area contributed by atoms with Crippen molar-refractivity contribution < 1.29 is 9.52 Å². The number of rotatable bonds is 5. The summed E-state index contributed by atoms with van der Waals surface area (Å²) in [6.07, 6.45) is 2.09. The van der Waals surface area contributed by atoms with Crippen LogP contribution in [0, 0.1) is 0 Å². The Morgan fingerprint density at radius 3 is 2.57 bits per heavy atom. The van der Waals surface area contributed by atoms with Crippen LogP contribution in [-0.2, 0) is 6.42 Å². The van der Waals surface area contributed by atoms with Gasteiger partial charge in [0.15, 0.2) is 0 Å². The fourth-order valence-corrected chi connectivity index (χ4v) is 2.63. The Bertz CT molecular complexity index is 713. The molecule has 3 rings (SSSR count). The molecule has 1 heterocycles. The first-order valence-electron chi connectivity index (χ1n) is 7.50. The highest BCUT2D eigenvalue weighted by Crippen LogP contribution is 2.27. The molecule has 0 bridgehead atoms. The Morgan fingerprint density at radius 2 is 1.81 bits per heavy atom. The molecule has 0 fully saturated rings. The van der Waals surface area contributed by atoms with Gasteiger partial charge in [0.25, 0.3) is 0 Å². The van der Waals surface area contributed by atoms with Gasteiger partial charge >= 0.3 is 0 Å². The van der Waals surface area contributed by atoms with E-state index in [1.807, 2.05) is 18.2 Å². The number of fused-ring (bicyclic) bond motifs is 1. The van der Waals surface area contributed by atoms with E-state index in [9.17, 15) is 5.11 Å². The number of hydrogen-bond acceptors (Lipinski definition) is 2. The van der Waals surface area contributed by atoms with Gasteiger partial charge in [-0.2, -0.15) is 0 Å². The van der Waals surface area contributed by atoms with Gasteiger partial charge in [-0.3, -0.25) is 0 Å². The zero-order chi connectivity index (χ0) is 14.7. The Kier molecular flexibility index (Phi) is 4.07. The van der Waals surface area contributed by atoms with Crippen molar-refractivity contribution >= 4 is 11.0 Å². The molecule has 2 heteroatoms. The molecule has 1 N–H and O–H groups in total. The molecular formula is C19H20O2. The van der Waals surface area contributed by atoms with Crippen LogP contribution in [0.1, 0.15) is 42.8 Å². The van der Waals surface area contributed by atoms with Gasteiger partial charge in [-0.05, 0) is 42.2 Å². The first kappa shape index (κ1) is 13.9. The van der Waals surface area contributed by atoms with Gasteiger partial charge in [0.05, 0.1) is 0 Å². The second-order valence-electron chi connectivity index (χ2n) is 5.49. The number of aliphatic hydroxyl groups is 1. The van der Waals surface area contributed by atoms with E-state index in [4.69, 9.17) is 4.42 Å². The van der Waals surface area contributed by atoms with Crippen molar-refractivity contribution in [1.82, 2.24) is 0 Å². The lowest BCUT2D eigenvalue weighted by molar-refractivity contribution is 0.141. The largest absolute Gasteiger partial charge is 0.458 e. The van der Waals surface area contributed by atoms with Gasteiger partial charge < -0.3 is 9.52 Å². The van der Waals surface area contributed by atoms with Crippen LogP contribution in [0.4, 0.5) is 0 Å². The van der Waals surface area contributed by atoms with Gasteiger partial charge in [-0.1, -0.05) is 49.7 Å². The summed E-state index contributed by atoms with van der Waals surface area (Å²) in [6, 6.07) is 18.6.